The van der Waals surface area contributed by atoms with E-state index in [1.165, 1.54) is 12.5 Å². The summed E-state index contributed by atoms with van der Waals surface area (Å²) in [6.07, 6.45) is 0. The van der Waals surface area contributed by atoms with E-state index in [0.29, 0.717) is 11.6 Å². The van der Waals surface area contributed by atoms with E-state index in [9.17, 15) is 13.2 Å². The molecule has 1 amide bonds. The first-order valence-electron chi connectivity index (χ1n) is 9.18. The minimum Gasteiger partial charge on any atom is -0.325 e. The molecule has 5 nitrogen and oxygen atoms in total. The summed E-state index contributed by atoms with van der Waals surface area (Å²) in [6.45, 7) is 5.71. The molecule has 0 saturated carbocycles. The molecule has 0 spiro atoms. The molecule has 0 saturated heterocycles. The van der Waals surface area contributed by atoms with Gasteiger partial charge in [0.25, 0.3) is 0 Å². The lowest BCUT2D eigenvalue weighted by Gasteiger charge is -2.15. The van der Waals surface area contributed by atoms with E-state index in [1.54, 1.807) is 18.2 Å². The largest absolute Gasteiger partial charge is 0.325 e. The van der Waals surface area contributed by atoms with Gasteiger partial charge in [0.05, 0.1) is 10.9 Å². The number of amides is 1. The third-order valence-electron chi connectivity index (χ3n) is 4.60. The van der Waals surface area contributed by atoms with Crippen LogP contribution in [-0.2, 0) is 14.8 Å². The highest BCUT2D eigenvalue weighted by molar-refractivity contribution is 7.89. The fourth-order valence-corrected chi connectivity index (χ4v) is 4.13. The number of fused-ring (bicyclic) bond motifs is 1. The minimum atomic E-state index is -3.82. The number of rotatable bonds is 6. The van der Waals surface area contributed by atoms with Crippen LogP contribution in [0.5, 0.6) is 0 Å². The van der Waals surface area contributed by atoms with E-state index in [0.717, 1.165) is 10.8 Å². The van der Waals surface area contributed by atoms with E-state index in [-0.39, 0.29) is 4.90 Å². The van der Waals surface area contributed by atoms with Gasteiger partial charge in [-0.25, -0.2) is 8.42 Å². The molecule has 3 aromatic carbocycles. The molecule has 0 aliphatic carbocycles. The van der Waals surface area contributed by atoms with Crippen molar-refractivity contribution in [1.29, 1.82) is 0 Å². The quantitative estimate of drug-likeness (QED) is 0.653. The zero-order valence-electron chi connectivity index (χ0n) is 16.1. The highest BCUT2D eigenvalue weighted by Gasteiger charge is 2.22. The number of anilines is 1. The summed E-state index contributed by atoms with van der Waals surface area (Å²) < 4.78 is 27.8. The van der Waals surface area contributed by atoms with Crippen molar-refractivity contribution >= 4 is 32.4 Å². The van der Waals surface area contributed by atoms with Gasteiger partial charge in [-0.2, -0.15) is 4.72 Å². The lowest BCUT2D eigenvalue weighted by atomic mass is 10.0. The molecule has 0 unspecified atom stereocenters. The van der Waals surface area contributed by atoms with Gasteiger partial charge in [-0.3, -0.25) is 4.79 Å². The van der Waals surface area contributed by atoms with Gasteiger partial charge in [0.15, 0.2) is 0 Å². The SMILES string of the molecule is CC(C)c1ccc(NC(=O)[C@@H](C)NS(=O)(=O)c2ccc3ccccc3c2)cc1. The highest BCUT2D eigenvalue weighted by Crippen LogP contribution is 2.20. The number of sulfonamides is 1. The second-order valence-electron chi connectivity index (χ2n) is 7.12. The van der Waals surface area contributed by atoms with Crippen LogP contribution < -0.4 is 10.0 Å². The Balaban J connectivity index is 1.70. The van der Waals surface area contributed by atoms with Gasteiger partial charge in [0, 0.05) is 5.69 Å². The molecule has 1 atom stereocenters. The van der Waals surface area contributed by atoms with Crippen LogP contribution in [0.15, 0.2) is 71.6 Å². The molecular formula is C22H24N2O3S. The predicted molar refractivity (Wildman–Crippen MR) is 113 cm³/mol. The van der Waals surface area contributed by atoms with Crippen molar-refractivity contribution in [2.45, 2.75) is 37.6 Å². The van der Waals surface area contributed by atoms with Gasteiger partial charge < -0.3 is 5.32 Å². The van der Waals surface area contributed by atoms with Crippen LogP contribution in [0.25, 0.3) is 10.8 Å². The van der Waals surface area contributed by atoms with Gasteiger partial charge >= 0.3 is 0 Å². The topological polar surface area (TPSA) is 75.3 Å². The van der Waals surface area contributed by atoms with Crippen LogP contribution in [0.3, 0.4) is 0 Å². The second-order valence-corrected chi connectivity index (χ2v) is 8.83. The zero-order valence-corrected chi connectivity index (χ0v) is 17.0. The normalized spacial score (nSPS) is 12.9. The molecule has 0 aromatic heterocycles. The summed E-state index contributed by atoms with van der Waals surface area (Å²) in [7, 11) is -3.82. The maximum absolute atomic E-state index is 12.7. The fourth-order valence-electron chi connectivity index (χ4n) is 2.89. The molecule has 146 valence electrons. The Morgan fingerprint density at radius 3 is 2.14 bits per heavy atom. The number of hydrogen-bond donors (Lipinski definition) is 2. The number of benzene rings is 3. The van der Waals surface area contributed by atoms with Crippen molar-refractivity contribution in [3.63, 3.8) is 0 Å². The van der Waals surface area contributed by atoms with Gasteiger partial charge in [0.1, 0.15) is 0 Å². The molecule has 3 aromatic rings. The van der Waals surface area contributed by atoms with Gasteiger partial charge in [-0.15, -0.1) is 0 Å². The smallest absolute Gasteiger partial charge is 0.242 e. The number of hydrogen-bond acceptors (Lipinski definition) is 3. The summed E-state index contributed by atoms with van der Waals surface area (Å²) in [4.78, 5) is 12.5. The third kappa shape index (κ3) is 4.58. The first kappa shape index (κ1) is 20.0. The van der Waals surface area contributed by atoms with Crippen LogP contribution in [0.2, 0.25) is 0 Å². The summed E-state index contributed by atoms with van der Waals surface area (Å²) in [6, 6.07) is 19.0. The average Bonchev–Trinajstić information content (AvgIpc) is 2.67. The Morgan fingerprint density at radius 2 is 1.50 bits per heavy atom. The highest BCUT2D eigenvalue weighted by atomic mass is 32.2. The first-order valence-corrected chi connectivity index (χ1v) is 10.7. The van der Waals surface area contributed by atoms with Gasteiger partial charge in [-0.05, 0) is 53.4 Å². The fraction of sp³-hybridized carbons (Fsp3) is 0.227. The van der Waals surface area contributed by atoms with Gasteiger partial charge in [-0.1, -0.05) is 56.3 Å². The maximum atomic E-state index is 12.7. The monoisotopic (exact) mass is 396 g/mol. The Labute approximate surface area is 165 Å². The van der Waals surface area contributed by atoms with Crippen molar-refractivity contribution in [2.75, 3.05) is 5.32 Å². The standard InChI is InChI=1S/C22H24N2O3S/c1-15(2)17-8-11-20(12-9-17)23-22(25)16(3)24-28(26,27)21-13-10-18-6-4-5-7-19(18)14-21/h4-16,24H,1-3H3,(H,23,25)/t16-/m1/s1. The zero-order chi connectivity index (χ0) is 20.3. The van der Waals surface area contributed by atoms with E-state index >= 15 is 0 Å². The molecule has 0 radical (unpaired) electrons. The summed E-state index contributed by atoms with van der Waals surface area (Å²) >= 11 is 0. The molecule has 6 heteroatoms. The molecule has 0 heterocycles. The second kappa shape index (κ2) is 8.12. The summed E-state index contributed by atoms with van der Waals surface area (Å²) in [5.74, 6) is -0.0147. The Morgan fingerprint density at radius 1 is 0.857 bits per heavy atom. The average molecular weight is 397 g/mol. The van der Waals surface area contributed by atoms with E-state index in [2.05, 4.69) is 23.9 Å². The number of nitrogens with one attached hydrogen (secondary N) is 2. The Bertz CT molecular complexity index is 1090. The van der Waals surface area contributed by atoms with E-state index in [1.807, 2.05) is 48.5 Å². The van der Waals surface area contributed by atoms with E-state index in [4.69, 9.17) is 0 Å². The molecule has 0 aliphatic rings. The predicted octanol–water partition coefficient (Wildman–Crippen LogP) is 4.27. The molecule has 0 aliphatic heterocycles. The van der Waals surface area contributed by atoms with Crippen LogP contribution >= 0.6 is 0 Å². The lowest BCUT2D eigenvalue weighted by Crippen LogP contribution is -2.41. The number of carbonyl (C=O) groups is 1. The van der Waals surface area contributed by atoms with Crippen LogP contribution in [-0.4, -0.2) is 20.4 Å². The molecule has 0 fully saturated rings. The van der Waals surface area contributed by atoms with Crippen molar-refractivity contribution < 1.29 is 13.2 Å². The third-order valence-corrected chi connectivity index (χ3v) is 6.14. The van der Waals surface area contributed by atoms with E-state index < -0.39 is 22.0 Å². The maximum Gasteiger partial charge on any atom is 0.242 e. The molecule has 2 N–H and O–H groups in total. The summed E-state index contributed by atoms with van der Waals surface area (Å²) in [5, 5.41) is 4.53. The van der Waals surface area contributed by atoms with Crippen molar-refractivity contribution in [2.24, 2.45) is 0 Å². The van der Waals surface area contributed by atoms with Crippen molar-refractivity contribution in [1.82, 2.24) is 4.72 Å². The van der Waals surface area contributed by atoms with Crippen LogP contribution in [0, 0.1) is 0 Å². The van der Waals surface area contributed by atoms with Crippen molar-refractivity contribution in [3.8, 4) is 0 Å². The Hall–Kier alpha value is -2.70. The number of carbonyl (C=O) groups excluding carboxylic acids is 1. The summed E-state index contributed by atoms with van der Waals surface area (Å²) in [5.41, 5.74) is 1.80. The lowest BCUT2D eigenvalue weighted by molar-refractivity contribution is -0.117. The molecule has 28 heavy (non-hydrogen) atoms. The van der Waals surface area contributed by atoms with Crippen LogP contribution in [0.1, 0.15) is 32.3 Å². The Kier molecular flexibility index (Phi) is 5.82. The minimum absolute atomic E-state index is 0.132. The first-order chi connectivity index (χ1) is 13.3. The molecule has 0 bridgehead atoms. The molecule has 3 rings (SSSR count). The van der Waals surface area contributed by atoms with Gasteiger partial charge in [0.2, 0.25) is 15.9 Å². The molecular weight excluding hydrogens is 372 g/mol. The van der Waals surface area contributed by atoms with Crippen LogP contribution in [0.4, 0.5) is 5.69 Å². The van der Waals surface area contributed by atoms with Crippen molar-refractivity contribution in [3.05, 3.63) is 72.3 Å².